The third-order valence-corrected chi connectivity index (χ3v) is 6.59. The first-order valence-electron chi connectivity index (χ1n) is 6.43. The van der Waals surface area contributed by atoms with Gasteiger partial charge in [0.2, 0.25) is 10.0 Å². The highest BCUT2D eigenvalue weighted by molar-refractivity contribution is 9.11. The minimum atomic E-state index is -3.39. The summed E-state index contributed by atoms with van der Waals surface area (Å²) in [6.45, 7) is 2.69. The Hall–Kier alpha value is 0.0900. The highest BCUT2D eigenvalue weighted by Crippen LogP contribution is 2.35. The molecule has 1 aliphatic carbocycles. The Morgan fingerprint density at radius 2 is 2.00 bits per heavy atom. The molecule has 1 saturated carbocycles. The number of rotatable bonds is 6. The molecule has 6 heteroatoms. The van der Waals surface area contributed by atoms with Gasteiger partial charge in [0.15, 0.2) is 0 Å². The summed E-state index contributed by atoms with van der Waals surface area (Å²) in [7, 11) is -3.39. The van der Waals surface area contributed by atoms with Crippen molar-refractivity contribution in [2.24, 2.45) is 0 Å². The average molecular weight is 411 g/mol. The Labute approximate surface area is 131 Å². The molecule has 106 valence electrons. The fourth-order valence-corrected chi connectivity index (χ4v) is 5.42. The fraction of sp³-hybridized carbons (Fsp3) is 0.538. The zero-order valence-corrected chi connectivity index (χ0v) is 14.8. The first-order chi connectivity index (χ1) is 8.96. The summed E-state index contributed by atoms with van der Waals surface area (Å²) < 4.78 is 28.6. The lowest BCUT2D eigenvalue weighted by molar-refractivity contribution is 0.395. The molecular formula is C13H17Br2NO2S. The van der Waals surface area contributed by atoms with E-state index in [0.29, 0.717) is 15.9 Å². The predicted molar refractivity (Wildman–Crippen MR) is 83.7 cm³/mol. The Bertz CT molecular complexity index is 556. The lowest BCUT2D eigenvalue weighted by atomic mass is 10.3. The molecule has 1 aromatic carbocycles. The van der Waals surface area contributed by atoms with Crippen LogP contribution in [0.4, 0.5) is 0 Å². The lowest BCUT2D eigenvalue weighted by Crippen LogP contribution is -2.34. The van der Waals surface area contributed by atoms with Crippen molar-refractivity contribution in [3.8, 4) is 0 Å². The van der Waals surface area contributed by atoms with Crippen LogP contribution >= 0.6 is 31.9 Å². The van der Waals surface area contributed by atoms with Crippen molar-refractivity contribution < 1.29 is 8.42 Å². The van der Waals surface area contributed by atoms with Gasteiger partial charge >= 0.3 is 0 Å². The molecule has 0 amide bonds. The van der Waals surface area contributed by atoms with Crippen LogP contribution in [-0.2, 0) is 10.0 Å². The third-order valence-electron chi connectivity index (χ3n) is 3.17. The van der Waals surface area contributed by atoms with Gasteiger partial charge in [-0.2, -0.15) is 4.31 Å². The van der Waals surface area contributed by atoms with E-state index in [1.165, 1.54) is 0 Å². The molecule has 0 aromatic heterocycles. The minimum Gasteiger partial charge on any atom is -0.207 e. The molecule has 0 unspecified atom stereocenters. The van der Waals surface area contributed by atoms with E-state index in [1.807, 2.05) is 0 Å². The standard InChI is InChI=1S/C13H17Br2NO2S/c1-2-3-8-16(11-5-6-11)19(17,18)13-7-4-10(14)9-12(13)15/h4,7,9,11H,2-3,5-6,8H2,1H3. The second-order valence-electron chi connectivity index (χ2n) is 4.78. The van der Waals surface area contributed by atoms with Gasteiger partial charge in [-0.1, -0.05) is 29.3 Å². The van der Waals surface area contributed by atoms with Gasteiger partial charge in [-0.15, -0.1) is 0 Å². The van der Waals surface area contributed by atoms with E-state index in [0.717, 1.165) is 30.2 Å². The number of unbranched alkanes of at least 4 members (excludes halogenated alkanes) is 1. The van der Waals surface area contributed by atoms with Crippen LogP contribution in [-0.4, -0.2) is 25.3 Å². The summed E-state index contributed by atoms with van der Waals surface area (Å²) in [6.07, 6.45) is 3.87. The highest BCUT2D eigenvalue weighted by atomic mass is 79.9. The molecule has 0 saturated heterocycles. The molecule has 0 heterocycles. The first-order valence-corrected chi connectivity index (χ1v) is 9.46. The molecule has 0 radical (unpaired) electrons. The largest absolute Gasteiger partial charge is 0.244 e. The zero-order valence-electron chi connectivity index (χ0n) is 10.8. The Morgan fingerprint density at radius 3 is 2.53 bits per heavy atom. The molecule has 0 bridgehead atoms. The fourth-order valence-electron chi connectivity index (χ4n) is 1.99. The summed E-state index contributed by atoms with van der Waals surface area (Å²) in [5.74, 6) is 0. The normalized spacial score (nSPS) is 16.0. The van der Waals surface area contributed by atoms with Crippen molar-refractivity contribution in [1.82, 2.24) is 4.31 Å². The maximum absolute atomic E-state index is 12.7. The maximum atomic E-state index is 12.7. The first kappa shape index (κ1) is 15.5. The second-order valence-corrected chi connectivity index (χ2v) is 8.40. The SMILES string of the molecule is CCCCN(C1CC1)S(=O)(=O)c1ccc(Br)cc1Br. The van der Waals surface area contributed by atoms with E-state index in [2.05, 4.69) is 38.8 Å². The van der Waals surface area contributed by atoms with Gasteiger partial charge in [-0.05, 0) is 53.4 Å². The van der Waals surface area contributed by atoms with Crippen LogP contribution in [0.1, 0.15) is 32.6 Å². The predicted octanol–water partition coefficient (Wildman–Crippen LogP) is 4.16. The third kappa shape index (κ3) is 3.60. The van der Waals surface area contributed by atoms with Gasteiger partial charge in [0.1, 0.15) is 0 Å². The summed E-state index contributed by atoms with van der Waals surface area (Å²) in [5, 5.41) is 0. The molecule has 1 aromatic rings. The number of hydrogen-bond donors (Lipinski definition) is 0. The molecular weight excluding hydrogens is 394 g/mol. The molecule has 19 heavy (non-hydrogen) atoms. The van der Waals surface area contributed by atoms with Gasteiger partial charge in [0, 0.05) is 21.5 Å². The monoisotopic (exact) mass is 409 g/mol. The Balaban J connectivity index is 2.33. The van der Waals surface area contributed by atoms with E-state index in [9.17, 15) is 8.42 Å². The van der Waals surface area contributed by atoms with Crippen LogP contribution in [0.3, 0.4) is 0 Å². The topological polar surface area (TPSA) is 37.4 Å². The molecule has 0 N–H and O–H groups in total. The van der Waals surface area contributed by atoms with Crippen molar-refractivity contribution in [2.45, 2.75) is 43.5 Å². The molecule has 3 nitrogen and oxygen atoms in total. The molecule has 0 spiro atoms. The molecule has 2 rings (SSSR count). The summed E-state index contributed by atoms with van der Waals surface area (Å²) in [4.78, 5) is 0.360. The van der Waals surface area contributed by atoms with Gasteiger partial charge in [0.05, 0.1) is 4.90 Å². The molecule has 1 aliphatic rings. The van der Waals surface area contributed by atoms with Crippen molar-refractivity contribution in [2.75, 3.05) is 6.54 Å². The van der Waals surface area contributed by atoms with E-state index < -0.39 is 10.0 Å². The zero-order chi connectivity index (χ0) is 14.0. The maximum Gasteiger partial charge on any atom is 0.244 e. The van der Waals surface area contributed by atoms with E-state index >= 15 is 0 Å². The van der Waals surface area contributed by atoms with Gasteiger partial charge in [-0.3, -0.25) is 0 Å². The molecule has 0 atom stereocenters. The number of sulfonamides is 1. The number of nitrogens with zero attached hydrogens (tertiary/aromatic N) is 1. The Morgan fingerprint density at radius 1 is 1.32 bits per heavy atom. The van der Waals surface area contributed by atoms with E-state index in [1.54, 1.807) is 22.5 Å². The van der Waals surface area contributed by atoms with Crippen LogP contribution in [0.25, 0.3) is 0 Å². The van der Waals surface area contributed by atoms with Crippen molar-refractivity contribution in [3.63, 3.8) is 0 Å². The van der Waals surface area contributed by atoms with Crippen molar-refractivity contribution in [3.05, 3.63) is 27.1 Å². The molecule has 0 aliphatic heterocycles. The summed E-state index contributed by atoms with van der Waals surface area (Å²) >= 11 is 6.70. The smallest absolute Gasteiger partial charge is 0.207 e. The number of halogens is 2. The number of benzene rings is 1. The van der Waals surface area contributed by atoms with Crippen LogP contribution in [0, 0.1) is 0 Å². The quantitative estimate of drug-likeness (QED) is 0.705. The summed E-state index contributed by atoms with van der Waals surface area (Å²) in [6, 6.07) is 5.40. The molecule has 1 fully saturated rings. The Kier molecular flexibility index (Phi) is 5.09. The second kappa shape index (κ2) is 6.24. The highest BCUT2D eigenvalue weighted by Gasteiger charge is 2.38. The van der Waals surface area contributed by atoms with Crippen LogP contribution in [0.5, 0.6) is 0 Å². The van der Waals surface area contributed by atoms with Gasteiger partial charge < -0.3 is 0 Å². The average Bonchev–Trinajstić information content (AvgIpc) is 3.13. The van der Waals surface area contributed by atoms with Crippen molar-refractivity contribution >= 4 is 41.9 Å². The summed E-state index contributed by atoms with van der Waals surface area (Å²) in [5.41, 5.74) is 0. The van der Waals surface area contributed by atoms with E-state index in [-0.39, 0.29) is 6.04 Å². The number of hydrogen-bond acceptors (Lipinski definition) is 2. The minimum absolute atomic E-state index is 0.201. The van der Waals surface area contributed by atoms with Crippen LogP contribution in [0.15, 0.2) is 32.0 Å². The van der Waals surface area contributed by atoms with Crippen LogP contribution < -0.4 is 0 Å². The van der Waals surface area contributed by atoms with Crippen molar-refractivity contribution in [1.29, 1.82) is 0 Å². The van der Waals surface area contributed by atoms with Crippen LogP contribution in [0.2, 0.25) is 0 Å². The van der Waals surface area contributed by atoms with Gasteiger partial charge in [-0.25, -0.2) is 8.42 Å². The lowest BCUT2D eigenvalue weighted by Gasteiger charge is -2.22. The van der Waals surface area contributed by atoms with Gasteiger partial charge in [0.25, 0.3) is 0 Å². The van der Waals surface area contributed by atoms with E-state index in [4.69, 9.17) is 0 Å².